The number of nitrogens with one attached hydrogen (secondary N) is 2. The Kier molecular flexibility index (Phi) is 3.78. The Bertz CT molecular complexity index is 662. The fraction of sp³-hybridized carbons (Fsp3) is 0.250. The topological polar surface area (TPSA) is 97.1 Å². The van der Waals surface area contributed by atoms with Crippen molar-refractivity contribution in [3.05, 3.63) is 35.1 Å². The van der Waals surface area contributed by atoms with Gasteiger partial charge in [0.25, 0.3) is 0 Å². The number of halogens is 1. The number of hydrogen-bond acceptors (Lipinski definition) is 6. The summed E-state index contributed by atoms with van der Waals surface area (Å²) in [5.74, 6) is -0.116. The molecule has 2 heterocycles. The number of hydrazone groups is 1. The molecule has 1 aromatic heterocycles. The van der Waals surface area contributed by atoms with E-state index in [1.807, 2.05) is 0 Å². The van der Waals surface area contributed by atoms with Crippen molar-refractivity contribution in [1.29, 1.82) is 0 Å². The lowest BCUT2D eigenvalue weighted by molar-refractivity contribution is -0.122. The molecule has 0 radical (unpaired) electrons. The molecule has 9 heteroatoms. The van der Waals surface area contributed by atoms with E-state index in [-0.39, 0.29) is 11.9 Å². The number of rotatable bonds is 4. The molecule has 0 saturated heterocycles. The highest BCUT2D eigenvalue weighted by Gasteiger charge is 2.19. The molecule has 8 nitrogen and oxygen atoms in total. The highest BCUT2D eigenvalue weighted by molar-refractivity contribution is 6.30. The van der Waals surface area contributed by atoms with E-state index >= 15 is 0 Å². The summed E-state index contributed by atoms with van der Waals surface area (Å²) in [6.45, 7) is 0.326. The van der Waals surface area contributed by atoms with Crippen LogP contribution in [0.25, 0.3) is 5.69 Å². The predicted octanol–water partition coefficient (Wildman–Crippen LogP) is 0.280. The van der Waals surface area contributed by atoms with Gasteiger partial charge in [-0.05, 0) is 34.2 Å². The molecule has 0 spiro atoms. The first-order valence-corrected chi connectivity index (χ1v) is 6.68. The van der Waals surface area contributed by atoms with Gasteiger partial charge in [0.15, 0.2) is 0 Å². The van der Waals surface area contributed by atoms with Gasteiger partial charge in [-0.25, -0.2) is 4.68 Å². The van der Waals surface area contributed by atoms with Crippen molar-refractivity contribution in [3.63, 3.8) is 0 Å². The average molecular weight is 306 g/mol. The maximum absolute atomic E-state index is 12.0. The van der Waals surface area contributed by atoms with Crippen molar-refractivity contribution >= 4 is 23.7 Å². The third-order valence-electron chi connectivity index (χ3n) is 3.07. The quantitative estimate of drug-likeness (QED) is 0.845. The van der Waals surface area contributed by atoms with Gasteiger partial charge >= 0.3 is 0 Å². The van der Waals surface area contributed by atoms with Gasteiger partial charge in [-0.15, -0.1) is 5.10 Å². The monoisotopic (exact) mass is 305 g/mol. The number of amides is 1. The minimum atomic E-state index is -0.319. The number of carbonyl (C=O) groups excluding carboxylic acids is 1. The molecule has 3 rings (SSSR count). The van der Waals surface area contributed by atoms with Crippen LogP contribution in [0.5, 0.6) is 0 Å². The van der Waals surface area contributed by atoms with Crippen LogP contribution < -0.4 is 10.7 Å². The number of aromatic nitrogens is 4. The maximum Gasteiger partial charge on any atom is 0.244 e. The summed E-state index contributed by atoms with van der Waals surface area (Å²) >= 11 is 6.01. The molecule has 1 aromatic carbocycles. The summed E-state index contributed by atoms with van der Waals surface area (Å²) in [5, 5.41) is 18.3. The van der Waals surface area contributed by atoms with Crippen LogP contribution in [-0.2, 0) is 11.3 Å². The zero-order valence-electron chi connectivity index (χ0n) is 10.9. The van der Waals surface area contributed by atoms with Gasteiger partial charge in [0, 0.05) is 24.2 Å². The Morgan fingerprint density at radius 3 is 3.14 bits per heavy atom. The molecule has 0 aliphatic carbocycles. The van der Waals surface area contributed by atoms with E-state index in [1.165, 1.54) is 11.0 Å². The Balaban J connectivity index is 1.75. The number of benzene rings is 1. The van der Waals surface area contributed by atoms with Crippen LogP contribution in [0.1, 0.15) is 12.0 Å². The van der Waals surface area contributed by atoms with Crippen LogP contribution in [-0.4, -0.2) is 38.4 Å². The first-order valence-electron chi connectivity index (χ1n) is 6.30. The second kappa shape index (κ2) is 5.88. The molecule has 0 unspecified atom stereocenters. The van der Waals surface area contributed by atoms with Gasteiger partial charge in [0.2, 0.25) is 5.91 Å². The first-order chi connectivity index (χ1) is 10.2. The normalized spacial score (nSPS) is 16.7. The van der Waals surface area contributed by atoms with Crippen molar-refractivity contribution < 1.29 is 4.79 Å². The van der Waals surface area contributed by atoms with Gasteiger partial charge in [0.05, 0.1) is 5.69 Å². The van der Waals surface area contributed by atoms with Crippen molar-refractivity contribution in [3.8, 4) is 5.69 Å². The molecule has 1 atom stereocenters. The molecule has 1 aliphatic heterocycles. The Hall–Kier alpha value is -2.48. The fourth-order valence-electron chi connectivity index (χ4n) is 2.02. The second-order valence-corrected chi connectivity index (χ2v) is 4.91. The zero-order valence-corrected chi connectivity index (χ0v) is 11.7. The number of tetrazole rings is 1. The van der Waals surface area contributed by atoms with E-state index in [0.29, 0.717) is 18.0 Å². The molecule has 0 saturated carbocycles. The van der Waals surface area contributed by atoms with Crippen molar-refractivity contribution in [1.82, 2.24) is 30.9 Å². The highest BCUT2D eigenvalue weighted by atomic mass is 35.5. The Morgan fingerprint density at radius 2 is 2.43 bits per heavy atom. The van der Waals surface area contributed by atoms with Crippen LogP contribution in [0.3, 0.4) is 0 Å². The average Bonchev–Trinajstić information content (AvgIpc) is 3.17. The molecular weight excluding hydrogens is 294 g/mol. The minimum absolute atomic E-state index is 0.116. The minimum Gasteiger partial charge on any atom is -0.350 e. The molecule has 21 heavy (non-hydrogen) atoms. The molecule has 0 fully saturated rings. The Labute approximate surface area is 125 Å². The third-order valence-corrected chi connectivity index (χ3v) is 3.30. The lowest BCUT2D eigenvalue weighted by Crippen LogP contribution is -2.39. The van der Waals surface area contributed by atoms with Crippen LogP contribution in [0.2, 0.25) is 5.02 Å². The van der Waals surface area contributed by atoms with Gasteiger partial charge < -0.3 is 5.32 Å². The summed E-state index contributed by atoms with van der Waals surface area (Å²) in [7, 11) is 0. The van der Waals surface area contributed by atoms with E-state index in [0.717, 1.165) is 11.3 Å². The number of hydrogen-bond donors (Lipinski definition) is 2. The van der Waals surface area contributed by atoms with Crippen molar-refractivity contribution in [2.24, 2.45) is 5.10 Å². The molecule has 1 amide bonds. The smallest absolute Gasteiger partial charge is 0.244 e. The van der Waals surface area contributed by atoms with Crippen LogP contribution in [0, 0.1) is 0 Å². The number of carbonyl (C=O) groups is 1. The summed E-state index contributed by atoms with van der Waals surface area (Å²) in [5.41, 5.74) is 4.33. The number of nitrogens with zero attached hydrogens (tertiary/aromatic N) is 5. The van der Waals surface area contributed by atoms with Crippen LogP contribution in [0.4, 0.5) is 0 Å². The highest BCUT2D eigenvalue weighted by Crippen LogP contribution is 2.18. The molecular formula is C12H12ClN7O. The zero-order chi connectivity index (χ0) is 14.7. The van der Waals surface area contributed by atoms with E-state index in [1.54, 1.807) is 24.4 Å². The predicted molar refractivity (Wildman–Crippen MR) is 76.0 cm³/mol. The maximum atomic E-state index is 12.0. The fourth-order valence-corrected chi connectivity index (χ4v) is 2.21. The molecule has 2 aromatic rings. The first kappa shape index (κ1) is 13.5. The van der Waals surface area contributed by atoms with E-state index in [2.05, 4.69) is 31.4 Å². The van der Waals surface area contributed by atoms with Gasteiger partial charge in [-0.1, -0.05) is 11.6 Å². The van der Waals surface area contributed by atoms with Crippen LogP contribution >= 0.6 is 11.6 Å². The molecule has 108 valence electrons. The van der Waals surface area contributed by atoms with Crippen LogP contribution in [0.15, 0.2) is 29.6 Å². The molecule has 0 bridgehead atoms. The summed E-state index contributed by atoms with van der Waals surface area (Å²) in [6.07, 6.45) is 3.75. The third kappa shape index (κ3) is 3.00. The van der Waals surface area contributed by atoms with Gasteiger partial charge in [-0.3, -0.25) is 10.2 Å². The standard InChI is InChI=1S/C12H12ClN7O/c13-9-1-2-11(20-7-16-18-19-20)8(5-9)6-14-12(21)10-3-4-15-17-10/h1-2,4-5,7,10,17H,3,6H2,(H,14,21)/t10-/m0/s1. The van der Waals surface area contributed by atoms with E-state index < -0.39 is 0 Å². The van der Waals surface area contributed by atoms with Gasteiger partial charge in [-0.2, -0.15) is 5.10 Å². The SMILES string of the molecule is O=C(NCc1cc(Cl)ccc1-n1cnnn1)[C@@H]1CC=NN1. The molecule has 1 aliphatic rings. The summed E-state index contributed by atoms with van der Waals surface area (Å²) in [6, 6.07) is 5.01. The lowest BCUT2D eigenvalue weighted by atomic mass is 10.1. The summed E-state index contributed by atoms with van der Waals surface area (Å²) < 4.78 is 1.52. The summed E-state index contributed by atoms with van der Waals surface area (Å²) in [4.78, 5) is 12.0. The largest absolute Gasteiger partial charge is 0.350 e. The Morgan fingerprint density at radius 1 is 1.52 bits per heavy atom. The van der Waals surface area contributed by atoms with E-state index in [4.69, 9.17) is 11.6 Å². The molecule has 2 N–H and O–H groups in total. The van der Waals surface area contributed by atoms with Crippen molar-refractivity contribution in [2.45, 2.75) is 19.0 Å². The van der Waals surface area contributed by atoms with Crippen molar-refractivity contribution in [2.75, 3.05) is 0 Å². The second-order valence-electron chi connectivity index (χ2n) is 4.47. The van der Waals surface area contributed by atoms with Gasteiger partial charge in [0.1, 0.15) is 12.4 Å². The van der Waals surface area contributed by atoms with E-state index in [9.17, 15) is 4.79 Å². The lowest BCUT2D eigenvalue weighted by Gasteiger charge is -2.13.